The number of nitrogens with zero attached hydrogens (tertiary/aromatic N) is 1. The Morgan fingerprint density at radius 1 is 1.64 bits per heavy atom. The molecule has 0 amide bonds. The van der Waals surface area contributed by atoms with Gasteiger partial charge in [0.1, 0.15) is 0 Å². The summed E-state index contributed by atoms with van der Waals surface area (Å²) in [5, 5.41) is 6.89. The second kappa shape index (κ2) is 4.42. The van der Waals surface area contributed by atoms with Gasteiger partial charge in [0, 0.05) is 18.8 Å². The third kappa shape index (κ3) is 2.23. The Labute approximate surface area is 84.9 Å². The number of aryl methyl sites for hydroxylation is 1. The monoisotopic (exact) mass is 191 g/mol. The fraction of sp³-hybridized carbons (Fsp3) is 0.545. The molecule has 1 aromatic rings. The summed E-state index contributed by atoms with van der Waals surface area (Å²) in [5.74, 6) is 0. The first-order valence-electron chi connectivity index (χ1n) is 5.24. The summed E-state index contributed by atoms with van der Waals surface area (Å²) in [4.78, 5) is 4.11. The number of hydrogen-bond acceptors (Lipinski definition) is 3. The summed E-state index contributed by atoms with van der Waals surface area (Å²) in [6, 6.07) is 2.67. The molecule has 0 bridgehead atoms. The van der Waals surface area contributed by atoms with Gasteiger partial charge in [0.2, 0.25) is 0 Å². The third-order valence-electron chi connectivity index (χ3n) is 2.74. The molecule has 1 fully saturated rings. The number of hydrogen-bond donors (Lipinski definition) is 2. The van der Waals surface area contributed by atoms with Gasteiger partial charge in [-0.05, 0) is 37.9 Å². The number of pyridine rings is 1. The van der Waals surface area contributed by atoms with E-state index >= 15 is 0 Å². The molecule has 0 aliphatic carbocycles. The van der Waals surface area contributed by atoms with E-state index in [9.17, 15) is 0 Å². The molecule has 3 nitrogen and oxygen atoms in total. The van der Waals surface area contributed by atoms with Crippen LogP contribution in [-0.4, -0.2) is 24.1 Å². The highest BCUT2D eigenvalue weighted by Gasteiger charge is 2.13. The van der Waals surface area contributed by atoms with E-state index in [1.807, 2.05) is 18.5 Å². The molecule has 1 atom stereocenters. The normalized spacial score (nSPS) is 21.1. The van der Waals surface area contributed by atoms with E-state index in [1.54, 1.807) is 0 Å². The van der Waals surface area contributed by atoms with Crippen molar-refractivity contribution in [2.45, 2.75) is 25.8 Å². The van der Waals surface area contributed by atoms with Crippen LogP contribution in [0.2, 0.25) is 0 Å². The molecule has 2 N–H and O–H groups in total. The van der Waals surface area contributed by atoms with E-state index in [1.165, 1.54) is 24.9 Å². The Morgan fingerprint density at radius 3 is 3.29 bits per heavy atom. The molecule has 2 heterocycles. The number of anilines is 1. The summed E-state index contributed by atoms with van der Waals surface area (Å²) in [6.07, 6.45) is 6.31. The molecule has 3 heteroatoms. The Hall–Kier alpha value is -1.09. The smallest absolute Gasteiger partial charge is 0.0556 e. The first-order valence-corrected chi connectivity index (χ1v) is 5.24. The highest BCUT2D eigenvalue weighted by atomic mass is 15.0. The Kier molecular flexibility index (Phi) is 2.99. The molecule has 0 aromatic carbocycles. The lowest BCUT2D eigenvalue weighted by Crippen LogP contribution is -2.29. The average Bonchev–Trinajstić information content (AvgIpc) is 2.69. The predicted molar refractivity (Wildman–Crippen MR) is 58.5 cm³/mol. The molecule has 1 saturated heterocycles. The summed E-state index contributed by atoms with van der Waals surface area (Å²) in [6.45, 7) is 4.27. The maximum Gasteiger partial charge on any atom is 0.0556 e. The number of aromatic nitrogens is 1. The quantitative estimate of drug-likeness (QED) is 0.761. The minimum absolute atomic E-state index is 0.634. The number of nitrogens with one attached hydrogen (secondary N) is 2. The van der Waals surface area contributed by atoms with Crippen LogP contribution < -0.4 is 10.6 Å². The van der Waals surface area contributed by atoms with Crippen LogP contribution in [0.1, 0.15) is 18.4 Å². The van der Waals surface area contributed by atoms with Crippen LogP contribution in [0.3, 0.4) is 0 Å². The van der Waals surface area contributed by atoms with Gasteiger partial charge in [0.05, 0.1) is 11.9 Å². The molecule has 1 aliphatic heterocycles. The summed E-state index contributed by atoms with van der Waals surface area (Å²) in [5.41, 5.74) is 2.42. The van der Waals surface area contributed by atoms with Crippen molar-refractivity contribution < 1.29 is 0 Å². The van der Waals surface area contributed by atoms with E-state index in [0.29, 0.717) is 6.04 Å². The lowest BCUT2D eigenvalue weighted by atomic mass is 10.2. The third-order valence-corrected chi connectivity index (χ3v) is 2.74. The van der Waals surface area contributed by atoms with Gasteiger partial charge in [-0.3, -0.25) is 4.98 Å². The van der Waals surface area contributed by atoms with Crippen LogP contribution in [-0.2, 0) is 0 Å². The summed E-state index contributed by atoms with van der Waals surface area (Å²) >= 11 is 0. The molecule has 0 radical (unpaired) electrons. The van der Waals surface area contributed by atoms with Crippen molar-refractivity contribution in [1.82, 2.24) is 10.3 Å². The van der Waals surface area contributed by atoms with Crippen molar-refractivity contribution in [2.24, 2.45) is 0 Å². The minimum Gasteiger partial charge on any atom is -0.382 e. The molecule has 2 rings (SSSR count). The average molecular weight is 191 g/mol. The van der Waals surface area contributed by atoms with Gasteiger partial charge in [-0.25, -0.2) is 0 Å². The van der Waals surface area contributed by atoms with Gasteiger partial charge >= 0.3 is 0 Å². The van der Waals surface area contributed by atoms with Gasteiger partial charge in [-0.2, -0.15) is 0 Å². The largest absolute Gasteiger partial charge is 0.382 e. The lowest BCUT2D eigenvalue weighted by molar-refractivity contribution is 0.633. The SMILES string of the molecule is Cc1ccncc1NCC1CCCN1. The summed E-state index contributed by atoms with van der Waals surface area (Å²) < 4.78 is 0. The highest BCUT2D eigenvalue weighted by Crippen LogP contribution is 2.12. The zero-order valence-electron chi connectivity index (χ0n) is 8.59. The molecular weight excluding hydrogens is 174 g/mol. The first-order chi connectivity index (χ1) is 6.86. The highest BCUT2D eigenvalue weighted by molar-refractivity contribution is 5.47. The Bertz CT molecular complexity index is 292. The van der Waals surface area contributed by atoms with E-state index in [4.69, 9.17) is 0 Å². The Balaban J connectivity index is 1.88. The van der Waals surface area contributed by atoms with E-state index in [2.05, 4.69) is 22.5 Å². The van der Waals surface area contributed by atoms with Gasteiger partial charge < -0.3 is 10.6 Å². The van der Waals surface area contributed by atoms with Crippen molar-refractivity contribution in [3.63, 3.8) is 0 Å². The van der Waals surface area contributed by atoms with Crippen LogP contribution in [0, 0.1) is 6.92 Å². The van der Waals surface area contributed by atoms with Gasteiger partial charge in [0.15, 0.2) is 0 Å². The molecule has 76 valence electrons. The summed E-state index contributed by atoms with van der Waals surface area (Å²) in [7, 11) is 0. The van der Waals surface area contributed by atoms with Crippen LogP contribution in [0.4, 0.5) is 5.69 Å². The molecular formula is C11H17N3. The lowest BCUT2D eigenvalue weighted by Gasteiger charge is -2.13. The molecule has 1 aromatic heterocycles. The van der Waals surface area contributed by atoms with Gasteiger partial charge in [-0.15, -0.1) is 0 Å². The van der Waals surface area contributed by atoms with E-state index in [-0.39, 0.29) is 0 Å². The van der Waals surface area contributed by atoms with Crippen molar-refractivity contribution in [2.75, 3.05) is 18.4 Å². The predicted octanol–water partition coefficient (Wildman–Crippen LogP) is 1.55. The zero-order chi connectivity index (χ0) is 9.80. The van der Waals surface area contributed by atoms with Gasteiger partial charge in [0.25, 0.3) is 0 Å². The van der Waals surface area contributed by atoms with Crippen molar-refractivity contribution in [3.05, 3.63) is 24.0 Å². The molecule has 0 saturated carbocycles. The fourth-order valence-electron chi connectivity index (χ4n) is 1.81. The van der Waals surface area contributed by atoms with Crippen molar-refractivity contribution in [1.29, 1.82) is 0 Å². The molecule has 0 spiro atoms. The molecule has 1 aliphatic rings. The van der Waals surface area contributed by atoms with Crippen LogP contribution in [0.15, 0.2) is 18.5 Å². The van der Waals surface area contributed by atoms with Crippen LogP contribution >= 0.6 is 0 Å². The fourth-order valence-corrected chi connectivity index (χ4v) is 1.81. The Morgan fingerprint density at radius 2 is 2.57 bits per heavy atom. The van der Waals surface area contributed by atoms with Crippen molar-refractivity contribution in [3.8, 4) is 0 Å². The zero-order valence-corrected chi connectivity index (χ0v) is 8.59. The van der Waals surface area contributed by atoms with Crippen molar-refractivity contribution >= 4 is 5.69 Å². The molecule has 14 heavy (non-hydrogen) atoms. The van der Waals surface area contributed by atoms with Gasteiger partial charge in [-0.1, -0.05) is 0 Å². The first kappa shape index (κ1) is 9.46. The van der Waals surface area contributed by atoms with Crippen LogP contribution in [0.25, 0.3) is 0 Å². The standard InChI is InChI=1S/C11H17N3/c1-9-4-6-12-8-11(9)14-7-10-3-2-5-13-10/h4,6,8,10,13-14H,2-3,5,7H2,1H3. The van der Waals surface area contributed by atoms with Crippen LogP contribution in [0.5, 0.6) is 0 Å². The number of rotatable bonds is 3. The minimum atomic E-state index is 0.634. The second-order valence-electron chi connectivity index (χ2n) is 3.86. The van der Waals surface area contributed by atoms with E-state index in [0.717, 1.165) is 12.2 Å². The molecule has 1 unspecified atom stereocenters. The second-order valence-corrected chi connectivity index (χ2v) is 3.86. The maximum absolute atomic E-state index is 4.11. The maximum atomic E-state index is 4.11. The van der Waals surface area contributed by atoms with E-state index < -0.39 is 0 Å². The topological polar surface area (TPSA) is 37.0 Å².